The zero-order valence-electron chi connectivity index (χ0n) is 15.0. The molecule has 28 heavy (non-hydrogen) atoms. The van der Waals surface area contributed by atoms with Gasteiger partial charge in [-0.3, -0.25) is 4.79 Å². The summed E-state index contributed by atoms with van der Waals surface area (Å²) in [6.07, 6.45) is -6.08. The molecule has 2 aromatic carbocycles. The van der Waals surface area contributed by atoms with Crippen LogP contribution in [0.3, 0.4) is 0 Å². The van der Waals surface area contributed by atoms with E-state index in [9.17, 15) is 27.2 Å². The predicted octanol–water partition coefficient (Wildman–Crippen LogP) is 5.35. The molecule has 0 saturated carbocycles. The number of urea groups is 1. The van der Waals surface area contributed by atoms with Crippen LogP contribution in [0, 0.1) is 12.7 Å². The lowest BCUT2D eigenvalue weighted by atomic mass is 9.84. The summed E-state index contributed by atoms with van der Waals surface area (Å²) in [4.78, 5) is 23.9. The van der Waals surface area contributed by atoms with Gasteiger partial charge in [0.15, 0.2) is 5.54 Å². The van der Waals surface area contributed by atoms with Gasteiger partial charge in [0.1, 0.15) is 11.6 Å². The Hall–Kier alpha value is -2.61. The van der Waals surface area contributed by atoms with Crippen LogP contribution in [0.2, 0.25) is 5.02 Å². The maximum absolute atomic E-state index is 14.0. The number of rotatable bonds is 5. The molecule has 0 saturated heterocycles. The minimum Gasteiger partial charge on any atom is -0.319 e. The average molecular weight is 417 g/mol. The predicted molar refractivity (Wildman–Crippen MR) is 97.8 cm³/mol. The molecule has 0 radical (unpaired) electrons. The average Bonchev–Trinajstić information content (AvgIpc) is 2.56. The van der Waals surface area contributed by atoms with Gasteiger partial charge in [-0.2, -0.15) is 13.2 Å². The van der Waals surface area contributed by atoms with E-state index >= 15 is 0 Å². The zero-order valence-corrected chi connectivity index (χ0v) is 15.7. The summed E-state index contributed by atoms with van der Waals surface area (Å²) in [5.74, 6) is -1.55. The topological polar surface area (TPSA) is 58.2 Å². The number of hydrogen-bond acceptors (Lipinski definition) is 2. The van der Waals surface area contributed by atoms with E-state index in [1.54, 1.807) is 13.0 Å². The van der Waals surface area contributed by atoms with Crippen LogP contribution in [0.15, 0.2) is 42.5 Å². The van der Waals surface area contributed by atoms with E-state index in [-0.39, 0.29) is 5.69 Å². The van der Waals surface area contributed by atoms with Crippen molar-refractivity contribution in [3.8, 4) is 0 Å². The first-order chi connectivity index (χ1) is 12.9. The Morgan fingerprint density at radius 1 is 1.07 bits per heavy atom. The summed E-state index contributed by atoms with van der Waals surface area (Å²) < 4.78 is 55.3. The number of alkyl halides is 3. The molecular weight excluding hydrogens is 400 g/mol. The molecule has 1 atom stereocenters. The summed E-state index contributed by atoms with van der Waals surface area (Å²) >= 11 is 5.95. The third kappa shape index (κ3) is 4.81. The lowest BCUT2D eigenvalue weighted by Gasteiger charge is -2.36. The fourth-order valence-corrected chi connectivity index (χ4v) is 2.87. The van der Waals surface area contributed by atoms with Crippen LogP contribution in [0.1, 0.15) is 24.5 Å². The number of amides is 2. The number of halogens is 5. The lowest BCUT2D eigenvalue weighted by molar-refractivity contribution is -0.199. The highest BCUT2D eigenvalue weighted by molar-refractivity contribution is 6.31. The number of aryl methyl sites for hydroxylation is 1. The molecule has 2 amide bonds. The van der Waals surface area contributed by atoms with E-state index in [0.717, 1.165) is 36.8 Å². The van der Waals surface area contributed by atoms with Crippen LogP contribution in [-0.4, -0.2) is 18.0 Å². The van der Waals surface area contributed by atoms with Crippen molar-refractivity contribution in [3.63, 3.8) is 0 Å². The van der Waals surface area contributed by atoms with Gasteiger partial charge in [0.25, 0.3) is 0 Å². The molecule has 0 aliphatic rings. The second kappa shape index (κ2) is 8.18. The molecule has 0 fully saturated rings. The number of benzene rings is 2. The van der Waals surface area contributed by atoms with Gasteiger partial charge >= 0.3 is 12.2 Å². The van der Waals surface area contributed by atoms with Crippen molar-refractivity contribution in [1.29, 1.82) is 0 Å². The third-order valence-corrected chi connectivity index (χ3v) is 4.50. The Kier molecular flexibility index (Phi) is 6.34. The largest absolute Gasteiger partial charge is 0.416 e. The summed E-state index contributed by atoms with van der Waals surface area (Å²) in [6, 6.07) is 6.68. The highest BCUT2D eigenvalue weighted by Crippen LogP contribution is 2.42. The zero-order chi connectivity index (χ0) is 21.1. The van der Waals surface area contributed by atoms with E-state index in [1.165, 1.54) is 12.1 Å². The molecule has 2 rings (SSSR count). The Labute approximate surface area is 163 Å². The van der Waals surface area contributed by atoms with Crippen molar-refractivity contribution < 1.29 is 27.2 Å². The SMILES string of the molecule is CC(=O)C[C@](NC(=O)Nc1ccc(C)c(Cl)c1)(c1ccc(F)cc1)C(F)(F)F. The molecule has 2 aromatic rings. The molecule has 0 aliphatic carbocycles. The maximum atomic E-state index is 14.0. The van der Waals surface area contributed by atoms with Crippen LogP contribution >= 0.6 is 11.6 Å². The van der Waals surface area contributed by atoms with E-state index < -0.39 is 41.3 Å². The molecule has 9 heteroatoms. The first kappa shape index (κ1) is 21.7. The number of nitrogens with one attached hydrogen (secondary N) is 2. The molecule has 0 unspecified atom stereocenters. The number of carbonyl (C=O) groups excluding carboxylic acids is 2. The van der Waals surface area contributed by atoms with Crippen molar-refractivity contribution in [2.75, 3.05) is 5.32 Å². The summed E-state index contributed by atoms with van der Waals surface area (Å²) in [5.41, 5.74) is -2.59. The van der Waals surface area contributed by atoms with Crippen molar-refractivity contribution in [2.45, 2.75) is 32.0 Å². The van der Waals surface area contributed by atoms with Gasteiger partial charge < -0.3 is 10.6 Å². The molecule has 4 nitrogen and oxygen atoms in total. The Morgan fingerprint density at radius 2 is 1.68 bits per heavy atom. The summed E-state index contributed by atoms with van der Waals surface area (Å²) in [7, 11) is 0. The monoisotopic (exact) mass is 416 g/mol. The Bertz CT molecular complexity index is 884. The lowest BCUT2D eigenvalue weighted by Crippen LogP contribution is -2.58. The third-order valence-electron chi connectivity index (χ3n) is 4.09. The second-order valence-corrected chi connectivity index (χ2v) is 6.74. The highest BCUT2D eigenvalue weighted by atomic mass is 35.5. The van der Waals surface area contributed by atoms with E-state index in [0.29, 0.717) is 5.02 Å². The molecule has 0 bridgehead atoms. The number of carbonyl (C=O) groups is 2. The molecular formula is C19H17ClF4N2O2. The van der Waals surface area contributed by atoms with Gasteiger partial charge in [0.2, 0.25) is 0 Å². The van der Waals surface area contributed by atoms with Gasteiger partial charge in [0, 0.05) is 17.1 Å². The van der Waals surface area contributed by atoms with Crippen LogP contribution < -0.4 is 10.6 Å². The fourth-order valence-electron chi connectivity index (χ4n) is 2.69. The van der Waals surface area contributed by atoms with Crippen LogP contribution in [-0.2, 0) is 10.3 Å². The molecule has 150 valence electrons. The Morgan fingerprint density at radius 3 is 2.18 bits per heavy atom. The van der Waals surface area contributed by atoms with E-state index in [2.05, 4.69) is 5.32 Å². The van der Waals surface area contributed by atoms with Gasteiger partial charge in [-0.15, -0.1) is 0 Å². The molecule has 0 spiro atoms. The standard InChI is InChI=1S/C19H17ClF4N2O2/c1-11-3-8-15(9-16(11)20)25-17(28)26-18(10-12(2)27,19(22,23)24)13-4-6-14(21)7-5-13/h3-9H,10H2,1-2H3,(H2,25,26,28)/t18-/m0/s1. The number of anilines is 1. The number of Topliss-reactive ketones (excluding diaryl/α,β-unsaturated/α-hetero) is 1. The number of hydrogen-bond donors (Lipinski definition) is 2. The highest BCUT2D eigenvalue weighted by Gasteiger charge is 2.57. The van der Waals surface area contributed by atoms with E-state index in [1.807, 2.05) is 5.32 Å². The smallest absolute Gasteiger partial charge is 0.319 e. The normalized spacial score (nSPS) is 13.5. The minimum atomic E-state index is -5.03. The van der Waals surface area contributed by atoms with E-state index in [4.69, 9.17) is 11.6 Å². The molecule has 0 heterocycles. The van der Waals surface area contributed by atoms with Gasteiger partial charge in [-0.25, -0.2) is 9.18 Å². The van der Waals surface area contributed by atoms with Gasteiger partial charge in [0.05, 0.1) is 0 Å². The second-order valence-electron chi connectivity index (χ2n) is 6.33. The molecule has 0 aromatic heterocycles. The van der Waals surface area contributed by atoms with Crippen LogP contribution in [0.4, 0.5) is 28.0 Å². The van der Waals surface area contributed by atoms with Crippen LogP contribution in [0.5, 0.6) is 0 Å². The quantitative estimate of drug-likeness (QED) is 0.646. The van der Waals surface area contributed by atoms with Crippen molar-refractivity contribution in [1.82, 2.24) is 5.32 Å². The first-order valence-corrected chi connectivity index (χ1v) is 8.50. The minimum absolute atomic E-state index is 0.172. The summed E-state index contributed by atoms with van der Waals surface area (Å²) in [6.45, 7) is 2.70. The molecule has 2 N–H and O–H groups in total. The van der Waals surface area contributed by atoms with Crippen molar-refractivity contribution >= 4 is 29.1 Å². The Balaban J connectivity index is 2.42. The van der Waals surface area contributed by atoms with Crippen molar-refractivity contribution in [2.24, 2.45) is 0 Å². The maximum Gasteiger partial charge on any atom is 0.416 e. The summed E-state index contributed by atoms with van der Waals surface area (Å²) in [5, 5.41) is 4.45. The fraction of sp³-hybridized carbons (Fsp3) is 0.263. The van der Waals surface area contributed by atoms with Crippen LogP contribution in [0.25, 0.3) is 0 Å². The van der Waals surface area contributed by atoms with Gasteiger partial charge in [-0.05, 0) is 49.2 Å². The molecule has 0 aliphatic heterocycles. The first-order valence-electron chi connectivity index (χ1n) is 8.12. The van der Waals surface area contributed by atoms with Gasteiger partial charge in [-0.1, -0.05) is 29.8 Å². The van der Waals surface area contributed by atoms with Crippen molar-refractivity contribution in [3.05, 3.63) is 64.4 Å². The number of ketones is 1.